The highest BCUT2D eigenvalue weighted by molar-refractivity contribution is 7.92. The Labute approximate surface area is 128 Å². The van der Waals surface area contributed by atoms with E-state index in [9.17, 15) is 8.42 Å². The van der Waals surface area contributed by atoms with E-state index in [4.69, 9.17) is 0 Å². The number of nitrogens with zero attached hydrogens (tertiary/aromatic N) is 2. The quantitative estimate of drug-likeness (QED) is 0.774. The molecule has 6 nitrogen and oxygen atoms in total. The molecule has 2 heterocycles. The minimum absolute atomic E-state index is 0.224. The maximum atomic E-state index is 12.4. The Bertz CT molecular complexity index is 899. The molecule has 0 bridgehead atoms. The van der Waals surface area contributed by atoms with Crippen LogP contribution in [-0.2, 0) is 10.0 Å². The van der Waals surface area contributed by atoms with E-state index in [2.05, 4.69) is 33.5 Å². The first-order valence-electron chi connectivity index (χ1n) is 6.87. The molecule has 0 spiro atoms. The van der Waals surface area contributed by atoms with Gasteiger partial charge in [0.1, 0.15) is 0 Å². The lowest BCUT2D eigenvalue weighted by Gasteiger charge is -2.09. The SMILES string of the molecule is CC(C)c1ccc(S(=O)(=O)Nc2cnc3nc[nH]c3c2)cc1. The fourth-order valence-corrected chi connectivity index (χ4v) is 3.17. The van der Waals surface area contributed by atoms with Crippen LogP contribution >= 0.6 is 0 Å². The molecule has 0 aliphatic rings. The van der Waals surface area contributed by atoms with Gasteiger partial charge < -0.3 is 4.98 Å². The van der Waals surface area contributed by atoms with Crippen molar-refractivity contribution in [3.63, 3.8) is 0 Å². The standard InChI is InChI=1S/C15H16N4O2S/c1-10(2)11-3-5-13(6-4-11)22(20,21)19-12-7-14-15(16-8-12)18-9-17-14/h3-10,19H,1-2H3,(H,16,17,18). The van der Waals surface area contributed by atoms with Crippen LogP contribution in [0.5, 0.6) is 0 Å². The molecule has 2 aromatic heterocycles. The van der Waals surface area contributed by atoms with Gasteiger partial charge in [0, 0.05) is 0 Å². The lowest BCUT2D eigenvalue weighted by atomic mass is 10.0. The van der Waals surface area contributed by atoms with E-state index in [0.29, 0.717) is 22.8 Å². The van der Waals surface area contributed by atoms with Gasteiger partial charge in [-0.1, -0.05) is 26.0 Å². The van der Waals surface area contributed by atoms with Gasteiger partial charge in [-0.3, -0.25) is 4.72 Å². The fourth-order valence-electron chi connectivity index (χ4n) is 2.13. The summed E-state index contributed by atoms with van der Waals surface area (Å²) in [5.41, 5.74) is 2.71. The molecule has 0 atom stereocenters. The molecule has 114 valence electrons. The monoisotopic (exact) mass is 316 g/mol. The number of fused-ring (bicyclic) bond motifs is 1. The summed E-state index contributed by atoms with van der Waals surface area (Å²) >= 11 is 0. The molecule has 3 rings (SSSR count). The summed E-state index contributed by atoms with van der Waals surface area (Å²) in [4.78, 5) is 11.2. The summed E-state index contributed by atoms with van der Waals surface area (Å²) in [5, 5.41) is 0. The topological polar surface area (TPSA) is 87.7 Å². The summed E-state index contributed by atoms with van der Waals surface area (Å²) in [5.74, 6) is 0.358. The first kappa shape index (κ1) is 14.5. The number of rotatable bonds is 4. The Kier molecular flexibility index (Phi) is 3.58. The lowest BCUT2D eigenvalue weighted by Crippen LogP contribution is -2.13. The van der Waals surface area contributed by atoms with Crippen molar-refractivity contribution >= 4 is 26.9 Å². The Hall–Kier alpha value is -2.41. The van der Waals surface area contributed by atoms with Crippen molar-refractivity contribution < 1.29 is 8.42 Å². The van der Waals surface area contributed by atoms with Crippen molar-refractivity contribution in [2.45, 2.75) is 24.7 Å². The Balaban J connectivity index is 1.88. The predicted octanol–water partition coefficient (Wildman–Crippen LogP) is 2.88. The number of aromatic nitrogens is 3. The number of hydrogen-bond acceptors (Lipinski definition) is 4. The smallest absolute Gasteiger partial charge is 0.261 e. The van der Waals surface area contributed by atoms with E-state index in [1.807, 2.05) is 12.1 Å². The molecule has 0 fully saturated rings. The molecule has 3 aromatic rings. The summed E-state index contributed by atoms with van der Waals surface area (Å²) in [6, 6.07) is 8.54. The van der Waals surface area contributed by atoms with Crippen LogP contribution in [-0.4, -0.2) is 23.4 Å². The summed E-state index contributed by atoms with van der Waals surface area (Å²) in [7, 11) is -3.63. The molecule has 22 heavy (non-hydrogen) atoms. The van der Waals surface area contributed by atoms with Gasteiger partial charge in [0.15, 0.2) is 5.65 Å². The van der Waals surface area contributed by atoms with Crippen LogP contribution in [0.2, 0.25) is 0 Å². The number of H-pyrrole nitrogens is 1. The van der Waals surface area contributed by atoms with E-state index in [0.717, 1.165) is 5.56 Å². The van der Waals surface area contributed by atoms with Gasteiger partial charge in [-0.15, -0.1) is 0 Å². The zero-order valence-corrected chi connectivity index (χ0v) is 13.1. The molecule has 7 heteroatoms. The molecule has 0 aliphatic carbocycles. The maximum absolute atomic E-state index is 12.4. The molecule has 0 radical (unpaired) electrons. The molecule has 0 aliphatic heterocycles. The number of anilines is 1. The number of imidazole rings is 1. The van der Waals surface area contributed by atoms with Crippen molar-refractivity contribution in [1.82, 2.24) is 15.0 Å². The van der Waals surface area contributed by atoms with Crippen LogP contribution in [0.25, 0.3) is 11.2 Å². The van der Waals surface area contributed by atoms with Crippen LogP contribution < -0.4 is 4.72 Å². The third-order valence-corrected chi connectivity index (χ3v) is 4.78. The van der Waals surface area contributed by atoms with Crippen molar-refractivity contribution in [3.05, 3.63) is 48.4 Å². The van der Waals surface area contributed by atoms with Crippen LogP contribution in [0, 0.1) is 0 Å². The number of aromatic amines is 1. The van der Waals surface area contributed by atoms with Gasteiger partial charge >= 0.3 is 0 Å². The van der Waals surface area contributed by atoms with Crippen molar-refractivity contribution in [3.8, 4) is 0 Å². The summed E-state index contributed by atoms with van der Waals surface area (Å²) < 4.78 is 27.3. The van der Waals surface area contributed by atoms with Gasteiger partial charge in [-0.25, -0.2) is 18.4 Å². The normalized spacial score (nSPS) is 12.0. The van der Waals surface area contributed by atoms with E-state index in [-0.39, 0.29) is 4.90 Å². The van der Waals surface area contributed by atoms with Crippen LogP contribution in [0.3, 0.4) is 0 Å². The second kappa shape index (κ2) is 5.42. The first-order chi connectivity index (χ1) is 10.5. The van der Waals surface area contributed by atoms with Gasteiger partial charge in [-0.2, -0.15) is 0 Å². The number of benzene rings is 1. The van der Waals surface area contributed by atoms with Gasteiger partial charge in [-0.05, 0) is 29.7 Å². The van der Waals surface area contributed by atoms with Gasteiger partial charge in [0.25, 0.3) is 10.0 Å². The molecule has 0 amide bonds. The third-order valence-electron chi connectivity index (χ3n) is 3.38. The van der Waals surface area contributed by atoms with Gasteiger partial charge in [0.2, 0.25) is 0 Å². The molecular weight excluding hydrogens is 300 g/mol. The highest BCUT2D eigenvalue weighted by Crippen LogP contribution is 2.20. The minimum Gasteiger partial charge on any atom is -0.343 e. The fraction of sp³-hybridized carbons (Fsp3) is 0.200. The highest BCUT2D eigenvalue weighted by atomic mass is 32.2. The van der Waals surface area contributed by atoms with Crippen LogP contribution in [0.4, 0.5) is 5.69 Å². The van der Waals surface area contributed by atoms with E-state index >= 15 is 0 Å². The first-order valence-corrected chi connectivity index (χ1v) is 8.36. The zero-order chi connectivity index (χ0) is 15.7. The van der Waals surface area contributed by atoms with Gasteiger partial charge in [0.05, 0.1) is 28.6 Å². The predicted molar refractivity (Wildman–Crippen MR) is 85.2 cm³/mol. The Morgan fingerprint density at radius 1 is 1.14 bits per heavy atom. The van der Waals surface area contributed by atoms with E-state index in [1.54, 1.807) is 18.2 Å². The third kappa shape index (κ3) is 2.80. The van der Waals surface area contributed by atoms with Crippen LogP contribution in [0.15, 0.2) is 47.8 Å². The highest BCUT2D eigenvalue weighted by Gasteiger charge is 2.15. The maximum Gasteiger partial charge on any atom is 0.261 e. The van der Waals surface area contributed by atoms with Crippen molar-refractivity contribution in [2.75, 3.05) is 4.72 Å². The van der Waals surface area contributed by atoms with Crippen molar-refractivity contribution in [1.29, 1.82) is 0 Å². The average Bonchev–Trinajstić information content (AvgIpc) is 2.94. The minimum atomic E-state index is -3.63. The lowest BCUT2D eigenvalue weighted by molar-refractivity contribution is 0.601. The number of hydrogen-bond donors (Lipinski definition) is 2. The van der Waals surface area contributed by atoms with E-state index in [1.165, 1.54) is 12.5 Å². The Morgan fingerprint density at radius 3 is 2.55 bits per heavy atom. The number of pyridine rings is 1. The molecule has 1 aromatic carbocycles. The second-order valence-corrected chi connectivity index (χ2v) is 7.01. The van der Waals surface area contributed by atoms with Crippen molar-refractivity contribution in [2.24, 2.45) is 0 Å². The molecule has 2 N–H and O–H groups in total. The number of sulfonamides is 1. The summed E-state index contributed by atoms with van der Waals surface area (Å²) in [6.07, 6.45) is 2.96. The largest absolute Gasteiger partial charge is 0.343 e. The molecular formula is C15H16N4O2S. The Morgan fingerprint density at radius 2 is 1.86 bits per heavy atom. The summed E-state index contributed by atoms with van der Waals surface area (Å²) in [6.45, 7) is 4.13. The van der Waals surface area contributed by atoms with E-state index < -0.39 is 10.0 Å². The second-order valence-electron chi connectivity index (χ2n) is 5.33. The zero-order valence-electron chi connectivity index (χ0n) is 12.2. The number of nitrogens with one attached hydrogen (secondary N) is 2. The molecule has 0 unspecified atom stereocenters. The average molecular weight is 316 g/mol. The molecule has 0 saturated carbocycles. The van der Waals surface area contributed by atoms with Crippen LogP contribution in [0.1, 0.15) is 25.3 Å². The molecule has 0 saturated heterocycles.